The first-order chi connectivity index (χ1) is 7.15. The zero-order chi connectivity index (χ0) is 11.3. The first-order valence-corrected chi connectivity index (χ1v) is 7.53. The number of hydrogen-bond acceptors (Lipinski definition) is 3. The fourth-order valence-electron chi connectivity index (χ4n) is 1.41. The minimum absolute atomic E-state index is 0.281. The Balaban J connectivity index is 2.62. The van der Waals surface area contributed by atoms with E-state index in [-0.39, 0.29) is 6.04 Å². The molecule has 0 fully saturated rings. The molecule has 15 heavy (non-hydrogen) atoms. The van der Waals surface area contributed by atoms with E-state index in [1.165, 1.54) is 11.3 Å². The van der Waals surface area contributed by atoms with Gasteiger partial charge in [0.2, 0.25) is 0 Å². The predicted octanol–water partition coefficient (Wildman–Crippen LogP) is 3.92. The molecule has 0 aliphatic rings. The number of thioether (sulfide) groups is 1. The first-order valence-electron chi connectivity index (χ1n) is 5.54. The highest BCUT2D eigenvalue weighted by Crippen LogP contribution is 2.34. The molecule has 0 saturated carbocycles. The average Bonchev–Trinajstić information content (AvgIpc) is 2.70. The van der Waals surface area contributed by atoms with Gasteiger partial charge in [-0.25, -0.2) is 0 Å². The van der Waals surface area contributed by atoms with Gasteiger partial charge in [-0.05, 0) is 40.5 Å². The van der Waals surface area contributed by atoms with Gasteiger partial charge in [0.15, 0.2) is 0 Å². The molecule has 2 atom stereocenters. The zero-order valence-corrected chi connectivity index (χ0v) is 11.4. The van der Waals surface area contributed by atoms with E-state index >= 15 is 0 Å². The van der Waals surface area contributed by atoms with Crippen molar-refractivity contribution in [2.45, 2.75) is 38.5 Å². The smallest absolute Gasteiger partial charge is 0.0456 e. The van der Waals surface area contributed by atoms with Gasteiger partial charge in [-0.15, -0.1) is 0 Å². The summed E-state index contributed by atoms with van der Waals surface area (Å²) < 4.78 is 0. The molecular weight excluding hydrogens is 222 g/mol. The Morgan fingerprint density at radius 1 is 1.47 bits per heavy atom. The molecule has 0 aromatic carbocycles. The van der Waals surface area contributed by atoms with Crippen LogP contribution in [0.15, 0.2) is 16.8 Å². The summed E-state index contributed by atoms with van der Waals surface area (Å²) in [5.41, 5.74) is 7.58. The van der Waals surface area contributed by atoms with E-state index in [9.17, 15) is 0 Å². The summed E-state index contributed by atoms with van der Waals surface area (Å²) in [5.74, 6) is 1.92. The molecule has 1 aromatic heterocycles. The molecule has 0 spiro atoms. The summed E-state index contributed by atoms with van der Waals surface area (Å²) >= 11 is 3.76. The predicted molar refractivity (Wildman–Crippen MR) is 72.6 cm³/mol. The largest absolute Gasteiger partial charge is 0.326 e. The second-order valence-corrected chi connectivity index (χ2v) is 6.23. The van der Waals surface area contributed by atoms with Crippen molar-refractivity contribution < 1.29 is 0 Å². The van der Waals surface area contributed by atoms with Crippen LogP contribution in [-0.2, 0) is 0 Å². The SMILES string of the molecule is CCC(N)C(SCC(C)C)c1ccsc1. The number of hydrogen-bond donors (Lipinski definition) is 1. The summed E-state index contributed by atoms with van der Waals surface area (Å²) in [7, 11) is 0. The molecule has 0 bridgehead atoms. The Morgan fingerprint density at radius 2 is 2.20 bits per heavy atom. The second kappa shape index (κ2) is 6.56. The van der Waals surface area contributed by atoms with Crippen LogP contribution in [0.5, 0.6) is 0 Å². The van der Waals surface area contributed by atoms with E-state index in [1.807, 2.05) is 11.8 Å². The highest BCUT2D eigenvalue weighted by Gasteiger charge is 2.19. The molecule has 0 aliphatic heterocycles. The average molecular weight is 243 g/mol. The molecule has 1 rings (SSSR count). The molecule has 1 nitrogen and oxygen atoms in total. The van der Waals surface area contributed by atoms with E-state index in [1.54, 1.807) is 11.3 Å². The number of rotatable bonds is 6. The van der Waals surface area contributed by atoms with E-state index in [4.69, 9.17) is 5.73 Å². The van der Waals surface area contributed by atoms with Crippen molar-refractivity contribution in [2.24, 2.45) is 11.7 Å². The lowest BCUT2D eigenvalue weighted by atomic mass is 10.1. The van der Waals surface area contributed by atoms with Gasteiger partial charge >= 0.3 is 0 Å². The topological polar surface area (TPSA) is 26.0 Å². The van der Waals surface area contributed by atoms with Crippen LogP contribution in [0.1, 0.15) is 38.0 Å². The number of nitrogens with two attached hydrogens (primary N) is 1. The van der Waals surface area contributed by atoms with Gasteiger partial charge in [0, 0.05) is 11.3 Å². The lowest BCUT2D eigenvalue weighted by Gasteiger charge is -2.22. The molecule has 1 heterocycles. The van der Waals surface area contributed by atoms with Gasteiger partial charge in [0.1, 0.15) is 0 Å². The van der Waals surface area contributed by atoms with E-state index < -0.39 is 0 Å². The summed E-state index contributed by atoms with van der Waals surface area (Å²) in [6.07, 6.45) is 1.05. The minimum Gasteiger partial charge on any atom is -0.326 e. The lowest BCUT2D eigenvalue weighted by molar-refractivity contribution is 0.632. The maximum absolute atomic E-state index is 6.18. The van der Waals surface area contributed by atoms with Gasteiger partial charge < -0.3 is 5.73 Å². The molecule has 0 radical (unpaired) electrons. The summed E-state index contributed by atoms with van der Waals surface area (Å²) in [4.78, 5) is 0. The number of thiophene rings is 1. The van der Waals surface area contributed by atoms with Crippen molar-refractivity contribution in [3.63, 3.8) is 0 Å². The van der Waals surface area contributed by atoms with Crippen LogP contribution in [0.3, 0.4) is 0 Å². The third-order valence-electron chi connectivity index (χ3n) is 2.34. The van der Waals surface area contributed by atoms with Crippen molar-refractivity contribution in [1.29, 1.82) is 0 Å². The van der Waals surface area contributed by atoms with Crippen LogP contribution in [0, 0.1) is 5.92 Å². The Hall–Kier alpha value is 0.01000. The Bertz CT molecular complexity index is 257. The van der Waals surface area contributed by atoms with Crippen LogP contribution < -0.4 is 5.73 Å². The zero-order valence-electron chi connectivity index (χ0n) is 9.77. The van der Waals surface area contributed by atoms with E-state index in [2.05, 4.69) is 37.6 Å². The molecule has 0 saturated heterocycles. The Morgan fingerprint density at radius 3 is 2.67 bits per heavy atom. The van der Waals surface area contributed by atoms with Crippen molar-refractivity contribution in [3.8, 4) is 0 Å². The van der Waals surface area contributed by atoms with Gasteiger partial charge in [-0.3, -0.25) is 0 Å². The van der Waals surface area contributed by atoms with Gasteiger partial charge in [0.05, 0.1) is 0 Å². The van der Waals surface area contributed by atoms with Crippen molar-refractivity contribution >= 4 is 23.1 Å². The van der Waals surface area contributed by atoms with Crippen molar-refractivity contribution in [2.75, 3.05) is 5.75 Å². The molecule has 2 N–H and O–H groups in total. The highest BCUT2D eigenvalue weighted by atomic mass is 32.2. The van der Waals surface area contributed by atoms with Crippen LogP contribution in [0.25, 0.3) is 0 Å². The highest BCUT2D eigenvalue weighted by molar-refractivity contribution is 7.99. The molecule has 0 amide bonds. The monoisotopic (exact) mass is 243 g/mol. The fourth-order valence-corrected chi connectivity index (χ4v) is 3.57. The molecule has 3 heteroatoms. The van der Waals surface area contributed by atoms with E-state index in [0.717, 1.165) is 12.3 Å². The molecule has 1 aromatic rings. The van der Waals surface area contributed by atoms with Crippen molar-refractivity contribution in [3.05, 3.63) is 22.4 Å². The van der Waals surface area contributed by atoms with Crippen LogP contribution in [-0.4, -0.2) is 11.8 Å². The third kappa shape index (κ3) is 4.17. The minimum atomic E-state index is 0.281. The maximum atomic E-state index is 6.18. The third-order valence-corrected chi connectivity index (χ3v) is 4.88. The van der Waals surface area contributed by atoms with Crippen LogP contribution in [0.4, 0.5) is 0 Å². The fraction of sp³-hybridized carbons (Fsp3) is 0.667. The molecule has 2 unspecified atom stereocenters. The lowest BCUT2D eigenvalue weighted by Crippen LogP contribution is -2.25. The molecule has 0 aliphatic carbocycles. The molecule has 86 valence electrons. The maximum Gasteiger partial charge on any atom is 0.0456 e. The Kier molecular flexibility index (Phi) is 5.72. The van der Waals surface area contributed by atoms with Crippen LogP contribution >= 0.6 is 23.1 Å². The molecular formula is C12H21NS2. The normalized spacial score (nSPS) is 15.5. The first kappa shape index (κ1) is 13.1. The van der Waals surface area contributed by atoms with Gasteiger partial charge in [-0.2, -0.15) is 23.1 Å². The van der Waals surface area contributed by atoms with Crippen LogP contribution in [0.2, 0.25) is 0 Å². The van der Waals surface area contributed by atoms with E-state index in [0.29, 0.717) is 5.25 Å². The summed E-state index contributed by atoms with van der Waals surface area (Å²) in [5, 5.41) is 4.84. The van der Waals surface area contributed by atoms with Crippen molar-refractivity contribution in [1.82, 2.24) is 0 Å². The van der Waals surface area contributed by atoms with Gasteiger partial charge in [-0.1, -0.05) is 20.8 Å². The van der Waals surface area contributed by atoms with Gasteiger partial charge in [0.25, 0.3) is 0 Å². The summed E-state index contributed by atoms with van der Waals surface area (Å²) in [6, 6.07) is 2.49. The quantitative estimate of drug-likeness (QED) is 0.819. The standard InChI is InChI=1S/C12H21NS2/c1-4-11(13)12(15-7-9(2)3)10-5-6-14-8-10/h5-6,8-9,11-12H,4,7,13H2,1-3H3. The summed E-state index contributed by atoms with van der Waals surface area (Å²) in [6.45, 7) is 6.68. The Labute approximate surface area is 101 Å². The second-order valence-electron chi connectivity index (χ2n) is 4.28.